The van der Waals surface area contributed by atoms with Crippen LogP contribution in [-0.2, 0) is 0 Å². The van der Waals surface area contributed by atoms with Crippen LogP contribution in [0.25, 0.3) is 0 Å². The zero-order valence-electron chi connectivity index (χ0n) is 11.8. The lowest BCUT2D eigenvalue weighted by Gasteiger charge is -2.07. The van der Waals surface area contributed by atoms with Gasteiger partial charge in [-0.15, -0.1) is 13.2 Å². The number of allylic oxidation sites excluding steroid dienone is 6. The third-order valence-corrected chi connectivity index (χ3v) is 1.79. The Labute approximate surface area is 103 Å². The van der Waals surface area contributed by atoms with Crippen LogP contribution >= 0.6 is 0 Å². The molecular weight excluding hydrogens is 192 g/mol. The molecule has 0 N–H and O–H groups in total. The molecule has 0 fully saturated rings. The van der Waals surface area contributed by atoms with E-state index in [1.807, 2.05) is 32.1 Å². The fraction of sp³-hybridized carbons (Fsp3) is 0.375. The molecule has 0 aromatic heterocycles. The summed E-state index contributed by atoms with van der Waals surface area (Å²) in [5, 5.41) is 0. The molecule has 16 heavy (non-hydrogen) atoms. The van der Waals surface area contributed by atoms with Crippen molar-refractivity contribution in [2.24, 2.45) is 0 Å². The van der Waals surface area contributed by atoms with Crippen molar-refractivity contribution in [3.63, 3.8) is 0 Å². The second-order valence-electron chi connectivity index (χ2n) is 2.90. The van der Waals surface area contributed by atoms with Gasteiger partial charge in [-0.1, -0.05) is 57.7 Å². The van der Waals surface area contributed by atoms with Crippen LogP contribution in [0.2, 0.25) is 0 Å². The van der Waals surface area contributed by atoms with Crippen LogP contribution in [0.1, 0.15) is 41.0 Å². The Morgan fingerprint density at radius 2 is 1.50 bits per heavy atom. The van der Waals surface area contributed by atoms with Crippen molar-refractivity contribution < 1.29 is 0 Å². The van der Waals surface area contributed by atoms with E-state index in [1.54, 1.807) is 0 Å². The fourth-order valence-corrected chi connectivity index (χ4v) is 1.20. The van der Waals surface area contributed by atoms with Crippen molar-refractivity contribution in [1.29, 1.82) is 0 Å². The topological polar surface area (TPSA) is 0 Å². The lowest BCUT2D eigenvalue weighted by Crippen LogP contribution is -1.87. The maximum absolute atomic E-state index is 3.80. The van der Waals surface area contributed by atoms with Gasteiger partial charge in [0.15, 0.2) is 0 Å². The number of hydrogen-bond acceptors (Lipinski definition) is 0. The second kappa shape index (κ2) is 16.1. The average molecular weight is 220 g/mol. The van der Waals surface area contributed by atoms with Gasteiger partial charge in [-0.05, 0) is 31.4 Å². The summed E-state index contributed by atoms with van der Waals surface area (Å²) in [7, 11) is 0. The third kappa shape index (κ3) is 9.26. The van der Waals surface area contributed by atoms with E-state index < -0.39 is 0 Å². The highest BCUT2D eigenvalue weighted by Crippen LogP contribution is 2.18. The molecule has 0 atom stereocenters. The summed E-state index contributed by atoms with van der Waals surface area (Å²) in [6.45, 7) is 23.8. The van der Waals surface area contributed by atoms with Gasteiger partial charge in [-0.3, -0.25) is 0 Å². The van der Waals surface area contributed by atoms with Gasteiger partial charge in [0.25, 0.3) is 0 Å². The van der Waals surface area contributed by atoms with Gasteiger partial charge in [0, 0.05) is 0 Å². The van der Waals surface area contributed by atoms with Gasteiger partial charge in [-0.2, -0.15) is 0 Å². The molecule has 0 spiro atoms. The molecule has 0 heterocycles. The predicted molar refractivity (Wildman–Crippen MR) is 79.7 cm³/mol. The minimum atomic E-state index is 1.03. The molecule has 0 rings (SSSR count). The molecule has 0 aromatic rings. The van der Waals surface area contributed by atoms with Gasteiger partial charge in [0.05, 0.1) is 0 Å². The first-order valence-electron chi connectivity index (χ1n) is 5.79. The van der Waals surface area contributed by atoms with Crippen LogP contribution in [0.4, 0.5) is 0 Å². The van der Waals surface area contributed by atoms with Crippen molar-refractivity contribution >= 4 is 0 Å². The van der Waals surface area contributed by atoms with E-state index in [0.29, 0.717) is 0 Å². The molecule has 0 heteroatoms. The Morgan fingerprint density at radius 1 is 1.06 bits per heavy atom. The Morgan fingerprint density at radius 3 is 1.69 bits per heavy atom. The quantitative estimate of drug-likeness (QED) is 0.411. The zero-order chi connectivity index (χ0) is 13.6. The molecule has 92 valence electrons. The Kier molecular flexibility index (Phi) is 20.3. The van der Waals surface area contributed by atoms with Gasteiger partial charge in [0.1, 0.15) is 0 Å². The molecule has 0 amide bonds. The molecule has 0 aliphatic heterocycles. The minimum Gasteiger partial charge on any atom is -0.106 e. The summed E-state index contributed by atoms with van der Waals surface area (Å²) >= 11 is 0. The molecule has 0 aromatic carbocycles. The van der Waals surface area contributed by atoms with Gasteiger partial charge < -0.3 is 0 Å². The lowest BCUT2D eigenvalue weighted by atomic mass is 9.99. The van der Waals surface area contributed by atoms with E-state index in [0.717, 1.165) is 6.42 Å². The van der Waals surface area contributed by atoms with Crippen LogP contribution in [-0.4, -0.2) is 0 Å². The molecule has 0 radical (unpaired) electrons. The van der Waals surface area contributed by atoms with Crippen LogP contribution in [0, 0.1) is 0 Å². The fourth-order valence-electron chi connectivity index (χ4n) is 1.20. The van der Waals surface area contributed by atoms with E-state index >= 15 is 0 Å². The Hall–Kier alpha value is -1.30. The predicted octanol–water partition coefficient (Wildman–Crippen LogP) is 5.86. The maximum Gasteiger partial charge on any atom is -0.0244 e. The summed E-state index contributed by atoms with van der Waals surface area (Å²) in [6.07, 6.45) is 6.81. The summed E-state index contributed by atoms with van der Waals surface area (Å²) in [5.74, 6) is 0. The third-order valence-electron chi connectivity index (χ3n) is 1.79. The normalized spacial score (nSPS) is 8.69. The average Bonchev–Trinajstić information content (AvgIpc) is 2.33. The molecular formula is C16H28. The van der Waals surface area contributed by atoms with E-state index in [2.05, 4.69) is 47.1 Å². The summed E-state index contributed by atoms with van der Waals surface area (Å²) in [5.41, 5.74) is 3.86. The zero-order valence-corrected chi connectivity index (χ0v) is 11.8. The Balaban J connectivity index is -0.000000376. The molecule has 0 nitrogen and oxygen atoms in total. The standard InChI is InChI=1S/C12H18.C2H6.C2H4/c1-6-9-11(7-2)12(8-3)10(4)5;2*1-2/h6,8-9H,1,3,7H2,2,4-5H3;1-2H3;1-2H2/b11-9-;;. The van der Waals surface area contributed by atoms with Crippen LogP contribution in [0.15, 0.2) is 61.3 Å². The first-order valence-corrected chi connectivity index (χ1v) is 5.79. The minimum absolute atomic E-state index is 1.03. The smallest absolute Gasteiger partial charge is 0.0244 e. The summed E-state index contributed by atoms with van der Waals surface area (Å²) in [4.78, 5) is 0. The molecule has 0 aliphatic carbocycles. The largest absolute Gasteiger partial charge is 0.106 e. The van der Waals surface area contributed by atoms with Crippen molar-refractivity contribution in [3.8, 4) is 0 Å². The molecule has 0 bridgehead atoms. The van der Waals surface area contributed by atoms with Crippen molar-refractivity contribution in [2.75, 3.05) is 0 Å². The highest BCUT2D eigenvalue weighted by molar-refractivity contribution is 5.42. The Bertz CT molecular complexity index is 235. The highest BCUT2D eigenvalue weighted by Gasteiger charge is 1.98. The second-order valence-corrected chi connectivity index (χ2v) is 2.90. The monoisotopic (exact) mass is 220 g/mol. The van der Waals surface area contributed by atoms with Gasteiger partial charge in [0.2, 0.25) is 0 Å². The SMILES string of the molecule is C=C.C=C/C=C(/CC)C(C=C)=C(C)C.CC. The van der Waals surface area contributed by atoms with Crippen LogP contribution < -0.4 is 0 Å². The molecule has 0 saturated carbocycles. The molecule has 0 aliphatic rings. The summed E-state index contributed by atoms with van der Waals surface area (Å²) < 4.78 is 0. The molecule has 0 unspecified atom stereocenters. The highest BCUT2D eigenvalue weighted by atomic mass is 14.0. The van der Waals surface area contributed by atoms with Crippen LogP contribution in [0.3, 0.4) is 0 Å². The van der Waals surface area contributed by atoms with E-state index in [9.17, 15) is 0 Å². The first-order chi connectivity index (χ1) is 7.67. The van der Waals surface area contributed by atoms with Gasteiger partial charge >= 0.3 is 0 Å². The van der Waals surface area contributed by atoms with E-state index in [4.69, 9.17) is 0 Å². The van der Waals surface area contributed by atoms with E-state index in [1.165, 1.54) is 16.7 Å². The van der Waals surface area contributed by atoms with Gasteiger partial charge in [-0.25, -0.2) is 0 Å². The lowest BCUT2D eigenvalue weighted by molar-refractivity contribution is 1.10. The van der Waals surface area contributed by atoms with Crippen LogP contribution in [0.5, 0.6) is 0 Å². The van der Waals surface area contributed by atoms with E-state index in [-0.39, 0.29) is 0 Å². The first kappa shape index (κ1) is 20.2. The van der Waals surface area contributed by atoms with Crippen molar-refractivity contribution in [1.82, 2.24) is 0 Å². The molecule has 0 saturated heterocycles. The van der Waals surface area contributed by atoms with Crippen molar-refractivity contribution in [2.45, 2.75) is 41.0 Å². The summed E-state index contributed by atoms with van der Waals surface area (Å²) in [6, 6.07) is 0. The number of rotatable bonds is 4. The maximum atomic E-state index is 3.80. The van der Waals surface area contributed by atoms with Crippen molar-refractivity contribution in [3.05, 3.63) is 61.3 Å². The number of hydrogen-bond donors (Lipinski definition) is 0.